The van der Waals surface area contributed by atoms with E-state index in [4.69, 9.17) is 4.74 Å². The average Bonchev–Trinajstić information content (AvgIpc) is 2.82. The molecular formula is C12H20N2O2S. The minimum atomic E-state index is -0.414. The van der Waals surface area contributed by atoms with Crippen molar-refractivity contribution in [2.75, 3.05) is 39.8 Å². The Hall–Kier alpha value is -0.460. The van der Waals surface area contributed by atoms with Crippen molar-refractivity contribution >= 4 is 11.3 Å². The molecular weight excluding hydrogens is 236 g/mol. The number of hydrogen-bond acceptors (Lipinski definition) is 5. The minimum Gasteiger partial charge on any atom is -0.387 e. The number of aliphatic hydroxyl groups is 1. The highest BCUT2D eigenvalue weighted by molar-refractivity contribution is 7.07. The lowest BCUT2D eigenvalue weighted by Gasteiger charge is -2.30. The molecule has 96 valence electrons. The third-order valence-electron chi connectivity index (χ3n) is 2.98. The molecule has 1 aliphatic rings. The van der Waals surface area contributed by atoms with Gasteiger partial charge in [0, 0.05) is 26.2 Å². The molecule has 4 nitrogen and oxygen atoms in total. The van der Waals surface area contributed by atoms with Gasteiger partial charge in [-0.1, -0.05) is 0 Å². The number of morpholine rings is 1. The Morgan fingerprint density at radius 1 is 1.71 bits per heavy atom. The van der Waals surface area contributed by atoms with Crippen molar-refractivity contribution in [2.45, 2.75) is 12.2 Å². The first-order chi connectivity index (χ1) is 8.25. The minimum absolute atomic E-state index is 0.239. The lowest BCUT2D eigenvalue weighted by molar-refractivity contribution is -0.0191. The van der Waals surface area contributed by atoms with Crippen LogP contribution in [0.1, 0.15) is 11.7 Å². The van der Waals surface area contributed by atoms with Crippen molar-refractivity contribution in [3.63, 3.8) is 0 Å². The molecule has 1 aromatic rings. The van der Waals surface area contributed by atoms with Crippen LogP contribution in [0.15, 0.2) is 16.8 Å². The standard InChI is InChI=1S/C12H20N2O2S/c1-14-3-4-16-11(8-14)6-13-7-12(15)10-2-5-17-9-10/h2,5,9,11-13,15H,3-4,6-8H2,1H3. The van der Waals surface area contributed by atoms with Crippen molar-refractivity contribution in [1.29, 1.82) is 0 Å². The molecule has 17 heavy (non-hydrogen) atoms. The van der Waals surface area contributed by atoms with Gasteiger partial charge >= 0.3 is 0 Å². The van der Waals surface area contributed by atoms with Crippen LogP contribution in [0.2, 0.25) is 0 Å². The second-order valence-electron chi connectivity index (χ2n) is 4.49. The highest BCUT2D eigenvalue weighted by Gasteiger charge is 2.17. The summed E-state index contributed by atoms with van der Waals surface area (Å²) in [5.41, 5.74) is 0.990. The van der Waals surface area contributed by atoms with E-state index in [1.807, 2.05) is 16.8 Å². The van der Waals surface area contributed by atoms with E-state index in [0.29, 0.717) is 6.54 Å². The fourth-order valence-corrected chi connectivity index (χ4v) is 2.66. The van der Waals surface area contributed by atoms with Gasteiger partial charge in [0.1, 0.15) is 0 Å². The monoisotopic (exact) mass is 256 g/mol. The molecule has 0 aliphatic carbocycles. The summed E-state index contributed by atoms with van der Waals surface area (Å²) < 4.78 is 5.64. The van der Waals surface area contributed by atoms with Gasteiger partial charge in [-0.15, -0.1) is 0 Å². The van der Waals surface area contributed by atoms with E-state index < -0.39 is 6.10 Å². The number of nitrogens with one attached hydrogen (secondary N) is 1. The quantitative estimate of drug-likeness (QED) is 0.814. The SMILES string of the molecule is CN1CCOC(CNCC(O)c2ccsc2)C1. The van der Waals surface area contributed by atoms with E-state index in [1.54, 1.807) is 11.3 Å². The predicted octanol–water partition coefficient (Wildman–Crippen LogP) is 0.702. The van der Waals surface area contributed by atoms with Gasteiger partial charge in [0.05, 0.1) is 18.8 Å². The maximum absolute atomic E-state index is 9.88. The Kier molecular flexibility index (Phi) is 4.94. The van der Waals surface area contributed by atoms with E-state index in [1.165, 1.54) is 0 Å². The van der Waals surface area contributed by atoms with Gasteiger partial charge in [0.25, 0.3) is 0 Å². The molecule has 0 radical (unpaired) electrons. The third kappa shape index (κ3) is 4.04. The molecule has 0 saturated carbocycles. The van der Waals surface area contributed by atoms with Gasteiger partial charge < -0.3 is 20.1 Å². The molecule has 2 rings (SSSR count). The Balaban J connectivity index is 1.65. The second kappa shape index (κ2) is 6.47. The first-order valence-electron chi connectivity index (χ1n) is 5.96. The summed E-state index contributed by atoms with van der Waals surface area (Å²) in [4.78, 5) is 2.27. The van der Waals surface area contributed by atoms with E-state index in [-0.39, 0.29) is 6.10 Å². The largest absolute Gasteiger partial charge is 0.387 e. The van der Waals surface area contributed by atoms with Gasteiger partial charge in [-0.3, -0.25) is 0 Å². The summed E-state index contributed by atoms with van der Waals surface area (Å²) in [7, 11) is 2.11. The van der Waals surface area contributed by atoms with Crippen LogP contribution in [-0.4, -0.2) is 55.9 Å². The normalized spacial score (nSPS) is 23.8. The second-order valence-corrected chi connectivity index (χ2v) is 5.27. The number of likely N-dealkylation sites (N-methyl/N-ethyl adjacent to an activating group) is 1. The van der Waals surface area contributed by atoms with Gasteiger partial charge in [0.2, 0.25) is 0 Å². The lowest BCUT2D eigenvalue weighted by atomic mass is 10.2. The van der Waals surface area contributed by atoms with Gasteiger partial charge in [-0.25, -0.2) is 0 Å². The Labute approximate surface area is 106 Å². The number of ether oxygens (including phenoxy) is 1. The van der Waals surface area contributed by atoms with Crippen LogP contribution < -0.4 is 5.32 Å². The first-order valence-corrected chi connectivity index (χ1v) is 6.91. The lowest BCUT2D eigenvalue weighted by Crippen LogP contribution is -2.45. The number of nitrogens with zero attached hydrogens (tertiary/aromatic N) is 1. The zero-order chi connectivity index (χ0) is 12.1. The third-order valence-corrected chi connectivity index (χ3v) is 3.68. The van der Waals surface area contributed by atoms with Gasteiger partial charge in [-0.2, -0.15) is 11.3 Å². The number of rotatable bonds is 5. The van der Waals surface area contributed by atoms with Crippen molar-refractivity contribution in [1.82, 2.24) is 10.2 Å². The smallest absolute Gasteiger partial charge is 0.0922 e. The molecule has 1 aromatic heterocycles. The molecule has 5 heteroatoms. The topological polar surface area (TPSA) is 44.7 Å². The summed E-state index contributed by atoms with van der Waals surface area (Å²) in [6.07, 6.45) is -0.175. The van der Waals surface area contributed by atoms with Crippen molar-refractivity contribution in [2.24, 2.45) is 0 Å². The van der Waals surface area contributed by atoms with Crippen LogP contribution in [0.4, 0.5) is 0 Å². The number of thiophene rings is 1. The summed E-state index contributed by atoms with van der Waals surface area (Å²) in [6.45, 7) is 4.15. The molecule has 0 aromatic carbocycles. The van der Waals surface area contributed by atoms with Crippen LogP contribution in [0.3, 0.4) is 0 Å². The molecule has 1 saturated heterocycles. The van der Waals surface area contributed by atoms with Crippen molar-refractivity contribution in [3.05, 3.63) is 22.4 Å². The highest BCUT2D eigenvalue weighted by atomic mass is 32.1. The van der Waals surface area contributed by atoms with Crippen LogP contribution in [0.25, 0.3) is 0 Å². The van der Waals surface area contributed by atoms with Crippen molar-refractivity contribution < 1.29 is 9.84 Å². The fourth-order valence-electron chi connectivity index (χ4n) is 1.95. The zero-order valence-corrected chi connectivity index (χ0v) is 10.9. The summed E-state index contributed by atoms with van der Waals surface area (Å²) in [5.74, 6) is 0. The molecule has 0 spiro atoms. The van der Waals surface area contributed by atoms with E-state index in [2.05, 4.69) is 17.3 Å². The molecule has 1 fully saturated rings. The van der Waals surface area contributed by atoms with Gasteiger partial charge in [0.15, 0.2) is 0 Å². The molecule has 2 heterocycles. The average molecular weight is 256 g/mol. The van der Waals surface area contributed by atoms with E-state index in [9.17, 15) is 5.11 Å². The Morgan fingerprint density at radius 3 is 3.29 bits per heavy atom. The van der Waals surface area contributed by atoms with Crippen LogP contribution in [0.5, 0.6) is 0 Å². The van der Waals surface area contributed by atoms with E-state index >= 15 is 0 Å². The van der Waals surface area contributed by atoms with Crippen LogP contribution in [-0.2, 0) is 4.74 Å². The molecule has 0 amide bonds. The highest BCUT2D eigenvalue weighted by Crippen LogP contribution is 2.15. The number of hydrogen-bond donors (Lipinski definition) is 2. The van der Waals surface area contributed by atoms with E-state index in [0.717, 1.165) is 31.8 Å². The van der Waals surface area contributed by atoms with Crippen molar-refractivity contribution in [3.8, 4) is 0 Å². The number of aliphatic hydroxyl groups excluding tert-OH is 1. The van der Waals surface area contributed by atoms with Gasteiger partial charge in [-0.05, 0) is 29.4 Å². The van der Waals surface area contributed by atoms with Crippen LogP contribution >= 0.6 is 11.3 Å². The zero-order valence-electron chi connectivity index (χ0n) is 10.1. The molecule has 0 bridgehead atoms. The molecule has 2 unspecified atom stereocenters. The maximum Gasteiger partial charge on any atom is 0.0922 e. The van der Waals surface area contributed by atoms with Crippen LogP contribution in [0, 0.1) is 0 Å². The Morgan fingerprint density at radius 2 is 2.59 bits per heavy atom. The summed E-state index contributed by atoms with van der Waals surface area (Å²) >= 11 is 1.61. The maximum atomic E-state index is 9.88. The molecule has 2 N–H and O–H groups in total. The Bertz CT molecular complexity index is 318. The summed E-state index contributed by atoms with van der Waals surface area (Å²) in [5, 5.41) is 17.1. The molecule has 1 aliphatic heterocycles. The fraction of sp³-hybridized carbons (Fsp3) is 0.667. The summed E-state index contributed by atoms with van der Waals surface area (Å²) in [6, 6.07) is 1.96. The molecule has 2 atom stereocenters. The predicted molar refractivity (Wildman–Crippen MR) is 69.4 cm³/mol. The first kappa shape index (κ1) is 13.0.